The minimum Gasteiger partial charge on any atom is -0.461 e. The average Bonchev–Trinajstić information content (AvgIpc) is 2.79. The molecule has 0 amide bonds. The molecule has 0 aliphatic rings. The zero-order valence-corrected chi connectivity index (χ0v) is 9.40. The average molecular weight is 235 g/mol. The van der Waals surface area contributed by atoms with Crippen molar-refractivity contribution in [1.29, 1.82) is 0 Å². The Hall–Kier alpha value is -1.82. The summed E-state index contributed by atoms with van der Waals surface area (Å²) in [5.41, 5.74) is 2.52. The van der Waals surface area contributed by atoms with Crippen LogP contribution in [0.1, 0.15) is 17.4 Å². The Morgan fingerprint density at radius 3 is 3.00 bits per heavy atom. The Kier molecular flexibility index (Phi) is 3.21. The predicted molar refractivity (Wildman–Crippen MR) is 59.1 cm³/mol. The van der Waals surface area contributed by atoms with Crippen LogP contribution >= 0.6 is 11.3 Å². The van der Waals surface area contributed by atoms with E-state index in [1.54, 1.807) is 31.0 Å². The van der Waals surface area contributed by atoms with E-state index in [1.165, 1.54) is 11.3 Å². The number of thiazole rings is 1. The molecule has 0 aliphatic carbocycles. The van der Waals surface area contributed by atoms with Crippen LogP contribution in [0.5, 0.6) is 0 Å². The van der Waals surface area contributed by atoms with E-state index >= 15 is 0 Å². The standard InChI is InChI=1S/C10H9N3O2S/c1-2-15-10(14)8-9(16-6-13-8)7-5-11-3-4-12-7/h3-6H,2H2,1H3. The molecule has 0 saturated carbocycles. The van der Waals surface area contributed by atoms with Gasteiger partial charge >= 0.3 is 5.97 Å². The van der Waals surface area contributed by atoms with Crippen molar-refractivity contribution in [3.05, 3.63) is 29.8 Å². The highest BCUT2D eigenvalue weighted by molar-refractivity contribution is 7.13. The van der Waals surface area contributed by atoms with Gasteiger partial charge in [0.05, 0.1) is 23.2 Å². The predicted octanol–water partition coefficient (Wildman–Crippen LogP) is 1.78. The number of rotatable bonds is 3. The molecular weight excluding hydrogens is 226 g/mol. The van der Waals surface area contributed by atoms with Crippen molar-refractivity contribution in [2.45, 2.75) is 6.92 Å². The maximum absolute atomic E-state index is 11.6. The van der Waals surface area contributed by atoms with Crippen LogP contribution in [-0.2, 0) is 4.74 Å². The Bertz CT molecular complexity index is 484. The molecule has 2 aromatic rings. The fraction of sp³-hybridized carbons (Fsp3) is 0.200. The molecule has 2 aromatic heterocycles. The topological polar surface area (TPSA) is 65.0 Å². The first-order chi connectivity index (χ1) is 7.83. The molecule has 6 heteroatoms. The van der Waals surface area contributed by atoms with Crippen molar-refractivity contribution < 1.29 is 9.53 Å². The van der Waals surface area contributed by atoms with Crippen molar-refractivity contribution in [1.82, 2.24) is 15.0 Å². The highest BCUT2D eigenvalue weighted by Gasteiger charge is 2.18. The lowest BCUT2D eigenvalue weighted by Gasteiger charge is -2.00. The number of carbonyl (C=O) groups excluding carboxylic acids is 1. The van der Waals surface area contributed by atoms with Gasteiger partial charge < -0.3 is 4.74 Å². The van der Waals surface area contributed by atoms with Gasteiger partial charge in [0.25, 0.3) is 0 Å². The van der Waals surface area contributed by atoms with Crippen molar-refractivity contribution in [3.63, 3.8) is 0 Å². The van der Waals surface area contributed by atoms with Gasteiger partial charge in [-0.1, -0.05) is 0 Å². The Labute approximate surface area is 96.2 Å². The fourth-order valence-corrected chi connectivity index (χ4v) is 1.93. The lowest BCUT2D eigenvalue weighted by atomic mass is 10.3. The summed E-state index contributed by atoms with van der Waals surface area (Å²) < 4.78 is 4.91. The monoisotopic (exact) mass is 235 g/mol. The van der Waals surface area contributed by atoms with Crippen LogP contribution < -0.4 is 0 Å². The van der Waals surface area contributed by atoms with Gasteiger partial charge in [0, 0.05) is 12.4 Å². The second kappa shape index (κ2) is 4.80. The van der Waals surface area contributed by atoms with E-state index in [0.29, 0.717) is 22.9 Å². The van der Waals surface area contributed by atoms with E-state index in [2.05, 4.69) is 15.0 Å². The second-order valence-corrected chi connectivity index (χ2v) is 3.70. The first kappa shape index (κ1) is 10.7. The fourth-order valence-electron chi connectivity index (χ4n) is 1.19. The van der Waals surface area contributed by atoms with E-state index < -0.39 is 5.97 Å². The minimum absolute atomic E-state index is 0.298. The molecule has 5 nitrogen and oxygen atoms in total. The molecule has 16 heavy (non-hydrogen) atoms. The van der Waals surface area contributed by atoms with Gasteiger partial charge in [-0.2, -0.15) is 0 Å². The molecule has 82 valence electrons. The highest BCUT2D eigenvalue weighted by Crippen LogP contribution is 2.25. The largest absolute Gasteiger partial charge is 0.461 e. The van der Waals surface area contributed by atoms with Crippen LogP contribution in [0.3, 0.4) is 0 Å². The zero-order chi connectivity index (χ0) is 11.4. The van der Waals surface area contributed by atoms with Gasteiger partial charge in [0.1, 0.15) is 5.69 Å². The first-order valence-electron chi connectivity index (χ1n) is 4.70. The SMILES string of the molecule is CCOC(=O)c1ncsc1-c1cnccn1. The smallest absolute Gasteiger partial charge is 0.358 e. The molecule has 0 spiro atoms. The number of carbonyl (C=O) groups is 1. The van der Waals surface area contributed by atoms with Crippen LogP contribution in [0.4, 0.5) is 0 Å². The first-order valence-corrected chi connectivity index (χ1v) is 5.58. The summed E-state index contributed by atoms with van der Waals surface area (Å²) in [4.78, 5) is 24.3. The van der Waals surface area contributed by atoms with Crippen LogP contribution in [0.2, 0.25) is 0 Å². The van der Waals surface area contributed by atoms with E-state index in [9.17, 15) is 4.79 Å². The summed E-state index contributed by atoms with van der Waals surface area (Å²) in [6, 6.07) is 0. The van der Waals surface area contributed by atoms with Crippen LogP contribution in [-0.4, -0.2) is 27.5 Å². The van der Waals surface area contributed by atoms with Crippen molar-refractivity contribution in [2.75, 3.05) is 6.61 Å². The van der Waals surface area contributed by atoms with E-state index in [4.69, 9.17) is 4.74 Å². The lowest BCUT2D eigenvalue weighted by molar-refractivity contribution is 0.0521. The number of nitrogens with zero attached hydrogens (tertiary/aromatic N) is 3. The summed E-state index contributed by atoms with van der Waals surface area (Å²) in [6.07, 6.45) is 4.74. The molecule has 0 saturated heterocycles. The van der Waals surface area contributed by atoms with Gasteiger partial charge in [-0.3, -0.25) is 9.97 Å². The van der Waals surface area contributed by atoms with Gasteiger partial charge in [-0.05, 0) is 6.92 Å². The molecule has 0 atom stereocenters. The maximum Gasteiger partial charge on any atom is 0.358 e. The second-order valence-electron chi connectivity index (χ2n) is 2.84. The Morgan fingerprint density at radius 1 is 1.44 bits per heavy atom. The number of hydrogen-bond donors (Lipinski definition) is 0. The minimum atomic E-state index is -0.426. The van der Waals surface area contributed by atoms with Crippen molar-refractivity contribution in [2.24, 2.45) is 0 Å². The Morgan fingerprint density at radius 2 is 2.31 bits per heavy atom. The normalized spacial score (nSPS) is 10.1. The lowest BCUT2D eigenvalue weighted by Crippen LogP contribution is -2.06. The molecule has 0 unspecified atom stereocenters. The zero-order valence-electron chi connectivity index (χ0n) is 8.58. The summed E-state index contributed by atoms with van der Waals surface area (Å²) in [5, 5.41) is 0. The molecule has 0 aromatic carbocycles. The molecule has 0 N–H and O–H groups in total. The van der Waals surface area contributed by atoms with Crippen LogP contribution in [0, 0.1) is 0 Å². The molecule has 0 radical (unpaired) electrons. The van der Waals surface area contributed by atoms with Crippen LogP contribution in [0.25, 0.3) is 10.6 Å². The quantitative estimate of drug-likeness (QED) is 0.759. The highest BCUT2D eigenvalue weighted by atomic mass is 32.1. The molecule has 0 bridgehead atoms. The third-order valence-electron chi connectivity index (χ3n) is 1.83. The Balaban J connectivity index is 2.37. The van der Waals surface area contributed by atoms with E-state index in [1.807, 2.05) is 0 Å². The maximum atomic E-state index is 11.6. The summed E-state index contributed by atoms with van der Waals surface area (Å²) >= 11 is 1.34. The molecule has 2 heterocycles. The van der Waals surface area contributed by atoms with Crippen molar-refractivity contribution in [3.8, 4) is 10.6 Å². The third kappa shape index (κ3) is 2.06. The van der Waals surface area contributed by atoms with Crippen molar-refractivity contribution >= 4 is 17.3 Å². The van der Waals surface area contributed by atoms with E-state index in [-0.39, 0.29) is 0 Å². The number of aromatic nitrogens is 3. The van der Waals surface area contributed by atoms with Crippen LogP contribution in [0.15, 0.2) is 24.1 Å². The molecule has 0 fully saturated rings. The molecule has 0 aliphatic heterocycles. The molecular formula is C10H9N3O2S. The summed E-state index contributed by atoms with van der Waals surface area (Å²) in [6.45, 7) is 2.09. The van der Waals surface area contributed by atoms with Gasteiger partial charge in [-0.15, -0.1) is 11.3 Å². The number of esters is 1. The number of hydrogen-bond acceptors (Lipinski definition) is 6. The third-order valence-corrected chi connectivity index (χ3v) is 2.68. The van der Waals surface area contributed by atoms with E-state index in [0.717, 1.165) is 0 Å². The summed E-state index contributed by atoms with van der Waals surface area (Å²) in [7, 11) is 0. The van der Waals surface area contributed by atoms with Gasteiger partial charge in [-0.25, -0.2) is 9.78 Å². The van der Waals surface area contributed by atoms with Gasteiger partial charge in [0.2, 0.25) is 0 Å². The summed E-state index contributed by atoms with van der Waals surface area (Å²) in [5.74, 6) is -0.426. The number of ether oxygens (including phenoxy) is 1. The van der Waals surface area contributed by atoms with Gasteiger partial charge in [0.15, 0.2) is 5.69 Å². The molecule has 2 rings (SSSR count).